The van der Waals surface area contributed by atoms with Crippen molar-refractivity contribution < 1.29 is 9.90 Å². The van der Waals surface area contributed by atoms with Crippen LogP contribution >= 0.6 is 15.9 Å². The fourth-order valence-corrected chi connectivity index (χ4v) is 1.66. The van der Waals surface area contributed by atoms with Crippen molar-refractivity contribution in [3.05, 3.63) is 34.3 Å². The van der Waals surface area contributed by atoms with Gasteiger partial charge in [-0.15, -0.1) is 0 Å². The number of carbonyl (C=O) groups excluding carboxylic acids is 1. The number of halogens is 1. The summed E-state index contributed by atoms with van der Waals surface area (Å²) in [6.45, 7) is 5.41. The first kappa shape index (κ1) is 12.4. The third-order valence-electron chi connectivity index (χ3n) is 2.15. The number of ketones is 1. The van der Waals surface area contributed by atoms with Crippen molar-refractivity contribution in [1.29, 1.82) is 0 Å². The summed E-state index contributed by atoms with van der Waals surface area (Å²) in [5.41, 5.74) is 0.103. The van der Waals surface area contributed by atoms with Gasteiger partial charge in [0.15, 0.2) is 5.78 Å². The molecule has 0 spiro atoms. The number of benzene rings is 1. The third-order valence-corrected chi connectivity index (χ3v) is 2.65. The fourth-order valence-electron chi connectivity index (χ4n) is 1.24. The Morgan fingerprint density at radius 2 is 2.00 bits per heavy atom. The van der Waals surface area contributed by atoms with Gasteiger partial charge in [0.1, 0.15) is 6.10 Å². The van der Waals surface area contributed by atoms with E-state index in [1.165, 1.54) is 0 Å². The van der Waals surface area contributed by atoms with Gasteiger partial charge in [-0.05, 0) is 17.7 Å². The largest absolute Gasteiger partial charge is 0.381 e. The number of hydrogen-bond acceptors (Lipinski definition) is 2. The number of rotatable bonds is 2. The van der Waals surface area contributed by atoms with Gasteiger partial charge in [-0.2, -0.15) is 0 Å². The normalized spacial score (nSPS) is 13.7. The molecule has 15 heavy (non-hydrogen) atoms. The smallest absolute Gasteiger partial charge is 0.171 e. The zero-order chi connectivity index (χ0) is 11.6. The Morgan fingerprint density at radius 1 is 1.40 bits per heavy atom. The van der Waals surface area contributed by atoms with E-state index in [2.05, 4.69) is 15.9 Å². The minimum absolute atomic E-state index is 0.166. The van der Waals surface area contributed by atoms with Crippen LogP contribution < -0.4 is 0 Å². The quantitative estimate of drug-likeness (QED) is 0.897. The van der Waals surface area contributed by atoms with Crippen LogP contribution in [0.1, 0.15) is 32.4 Å². The van der Waals surface area contributed by atoms with Gasteiger partial charge in [0, 0.05) is 9.89 Å². The Morgan fingerprint density at radius 3 is 2.47 bits per heavy atom. The highest BCUT2D eigenvalue weighted by Gasteiger charge is 2.29. The molecule has 0 heterocycles. The highest BCUT2D eigenvalue weighted by atomic mass is 79.9. The molecule has 2 nitrogen and oxygen atoms in total. The van der Waals surface area contributed by atoms with E-state index in [0.29, 0.717) is 5.56 Å². The van der Waals surface area contributed by atoms with E-state index in [-0.39, 0.29) is 5.78 Å². The Balaban J connectivity index is 2.95. The van der Waals surface area contributed by atoms with Crippen molar-refractivity contribution in [2.24, 2.45) is 5.41 Å². The third kappa shape index (κ3) is 3.14. The predicted octanol–water partition coefficient (Wildman–Crippen LogP) is 3.10. The van der Waals surface area contributed by atoms with E-state index in [4.69, 9.17) is 0 Å². The molecule has 0 fully saturated rings. The lowest BCUT2D eigenvalue weighted by atomic mass is 9.85. The first-order valence-electron chi connectivity index (χ1n) is 4.80. The second-order valence-electron chi connectivity index (χ2n) is 4.57. The molecule has 0 bridgehead atoms. The first-order chi connectivity index (χ1) is 6.82. The zero-order valence-corrected chi connectivity index (χ0v) is 10.7. The van der Waals surface area contributed by atoms with Crippen molar-refractivity contribution in [3.63, 3.8) is 0 Å². The molecule has 1 aromatic carbocycles. The van der Waals surface area contributed by atoms with Crippen molar-refractivity contribution in [2.45, 2.75) is 26.9 Å². The minimum Gasteiger partial charge on any atom is -0.381 e. The van der Waals surface area contributed by atoms with Gasteiger partial charge in [0.2, 0.25) is 0 Å². The second kappa shape index (κ2) is 4.45. The van der Waals surface area contributed by atoms with Crippen LogP contribution in [-0.2, 0) is 4.79 Å². The average molecular weight is 271 g/mol. The maximum Gasteiger partial charge on any atom is 0.171 e. The maximum atomic E-state index is 11.8. The maximum absolute atomic E-state index is 11.8. The van der Waals surface area contributed by atoms with Gasteiger partial charge < -0.3 is 5.11 Å². The van der Waals surface area contributed by atoms with Crippen molar-refractivity contribution in [3.8, 4) is 0 Å². The topological polar surface area (TPSA) is 37.3 Å². The highest BCUT2D eigenvalue weighted by Crippen LogP contribution is 2.26. The highest BCUT2D eigenvalue weighted by molar-refractivity contribution is 9.10. The molecule has 0 amide bonds. The van der Waals surface area contributed by atoms with Crippen LogP contribution in [0.25, 0.3) is 0 Å². The van der Waals surface area contributed by atoms with Gasteiger partial charge in [-0.3, -0.25) is 4.79 Å². The molecule has 0 aromatic heterocycles. The predicted molar refractivity (Wildman–Crippen MR) is 63.6 cm³/mol. The van der Waals surface area contributed by atoms with E-state index in [1.807, 2.05) is 6.07 Å². The van der Waals surface area contributed by atoms with E-state index < -0.39 is 11.5 Å². The molecule has 0 radical (unpaired) electrons. The molecule has 0 aliphatic heterocycles. The van der Waals surface area contributed by atoms with Crippen LogP contribution in [0, 0.1) is 5.41 Å². The second-order valence-corrected chi connectivity index (χ2v) is 5.49. The van der Waals surface area contributed by atoms with E-state index in [9.17, 15) is 9.90 Å². The van der Waals surface area contributed by atoms with Crippen molar-refractivity contribution in [2.75, 3.05) is 0 Å². The SMILES string of the molecule is CC(C)(C)C(=O)C(O)c1cccc(Br)c1. The molecular weight excluding hydrogens is 256 g/mol. The van der Waals surface area contributed by atoms with Crippen LogP contribution in [0.5, 0.6) is 0 Å². The van der Waals surface area contributed by atoms with Crippen LogP contribution in [0.4, 0.5) is 0 Å². The molecule has 0 saturated heterocycles. The summed E-state index contributed by atoms with van der Waals surface area (Å²) < 4.78 is 0.862. The summed E-state index contributed by atoms with van der Waals surface area (Å²) in [5.74, 6) is -0.166. The summed E-state index contributed by atoms with van der Waals surface area (Å²) in [6, 6.07) is 7.17. The Kier molecular flexibility index (Phi) is 3.68. The van der Waals surface area contributed by atoms with E-state index >= 15 is 0 Å². The first-order valence-corrected chi connectivity index (χ1v) is 5.59. The number of hydrogen-bond donors (Lipinski definition) is 1. The lowest BCUT2D eigenvalue weighted by Crippen LogP contribution is -2.26. The Labute approximate surface area is 98.4 Å². The van der Waals surface area contributed by atoms with Crippen LogP contribution in [0.15, 0.2) is 28.7 Å². The van der Waals surface area contributed by atoms with Gasteiger partial charge in [-0.1, -0.05) is 48.8 Å². The molecule has 82 valence electrons. The molecule has 0 aliphatic rings. The summed E-state index contributed by atoms with van der Waals surface area (Å²) >= 11 is 3.31. The molecule has 1 atom stereocenters. The lowest BCUT2D eigenvalue weighted by Gasteiger charge is -2.21. The fraction of sp³-hybridized carbons (Fsp3) is 0.417. The monoisotopic (exact) mass is 270 g/mol. The molecular formula is C12H15BrO2. The Hall–Kier alpha value is -0.670. The molecule has 0 saturated carbocycles. The summed E-state index contributed by atoms with van der Waals surface area (Å²) in [7, 11) is 0. The summed E-state index contributed by atoms with van der Waals surface area (Å²) in [4.78, 5) is 11.8. The van der Waals surface area contributed by atoms with Crippen molar-refractivity contribution in [1.82, 2.24) is 0 Å². The standard InChI is InChI=1S/C12H15BrO2/c1-12(2,3)11(15)10(14)8-5-4-6-9(13)7-8/h4-7,10,14H,1-3H3. The number of Topliss-reactive ketones (excluding diaryl/α,β-unsaturated/α-hetero) is 1. The number of aliphatic hydroxyl groups is 1. The molecule has 1 rings (SSSR count). The number of carbonyl (C=O) groups is 1. The van der Waals surface area contributed by atoms with Crippen LogP contribution in [0.3, 0.4) is 0 Å². The van der Waals surface area contributed by atoms with Crippen LogP contribution in [-0.4, -0.2) is 10.9 Å². The average Bonchev–Trinajstić information content (AvgIpc) is 2.14. The Bertz CT molecular complexity index is 366. The minimum atomic E-state index is -1.04. The van der Waals surface area contributed by atoms with Crippen LogP contribution in [0.2, 0.25) is 0 Å². The lowest BCUT2D eigenvalue weighted by molar-refractivity contribution is -0.135. The van der Waals surface area contributed by atoms with E-state index in [0.717, 1.165) is 4.47 Å². The molecule has 3 heteroatoms. The molecule has 1 aromatic rings. The molecule has 1 N–H and O–H groups in total. The zero-order valence-electron chi connectivity index (χ0n) is 9.12. The number of aliphatic hydroxyl groups excluding tert-OH is 1. The van der Waals surface area contributed by atoms with Gasteiger partial charge in [-0.25, -0.2) is 0 Å². The van der Waals surface area contributed by atoms with Gasteiger partial charge in [0.05, 0.1) is 0 Å². The summed E-state index contributed by atoms with van der Waals surface area (Å²) in [5, 5.41) is 9.88. The molecule has 1 unspecified atom stereocenters. The van der Waals surface area contributed by atoms with Crippen molar-refractivity contribution >= 4 is 21.7 Å². The summed E-state index contributed by atoms with van der Waals surface area (Å²) in [6.07, 6.45) is -1.04. The van der Waals surface area contributed by atoms with Gasteiger partial charge >= 0.3 is 0 Å². The molecule has 0 aliphatic carbocycles. The van der Waals surface area contributed by atoms with Gasteiger partial charge in [0.25, 0.3) is 0 Å². The van der Waals surface area contributed by atoms with E-state index in [1.54, 1.807) is 39.0 Å².